The van der Waals surface area contributed by atoms with E-state index in [0.29, 0.717) is 145 Å². The Morgan fingerprint density at radius 1 is 0.269 bits per heavy atom. The van der Waals surface area contributed by atoms with E-state index in [2.05, 4.69) is 13.8 Å². The summed E-state index contributed by atoms with van der Waals surface area (Å²) in [6, 6.07) is 0. The van der Waals surface area contributed by atoms with Gasteiger partial charge in [-0.1, -0.05) is 78.1 Å². The normalized spacial score (nSPS) is 11.5. The van der Waals surface area contributed by atoms with Gasteiger partial charge in [-0.25, -0.2) is 0 Å². The minimum Gasteiger partial charge on any atom is -0.463 e. The number of rotatable bonds is 47. The summed E-state index contributed by atoms with van der Waals surface area (Å²) in [5, 5.41) is 0. The van der Waals surface area contributed by atoms with Crippen molar-refractivity contribution in [3.8, 4) is 0 Å². The van der Waals surface area contributed by atoms with Gasteiger partial charge < -0.3 is 56.8 Å². The van der Waals surface area contributed by atoms with Crippen LogP contribution >= 0.6 is 0 Å². The molecule has 13 heteroatoms. The Balaban J connectivity index is 3.10. The van der Waals surface area contributed by atoms with Crippen molar-refractivity contribution >= 4 is 5.97 Å². The third-order valence-electron chi connectivity index (χ3n) is 7.59. The van der Waals surface area contributed by atoms with Crippen LogP contribution in [-0.4, -0.2) is 158 Å². The van der Waals surface area contributed by atoms with Gasteiger partial charge in [0.05, 0.1) is 139 Å². The fraction of sp³-hybridized carbons (Fsp3) is 0.974. The Morgan fingerprint density at radius 2 is 0.500 bits per heavy atom. The van der Waals surface area contributed by atoms with Crippen LogP contribution in [0.15, 0.2) is 0 Å². The summed E-state index contributed by atoms with van der Waals surface area (Å²) >= 11 is 0. The molecule has 312 valence electrons. The molecule has 0 aliphatic rings. The van der Waals surface area contributed by atoms with Crippen LogP contribution in [0.4, 0.5) is 0 Å². The van der Waals surface area contributed by atoms with E-state index < -0.39 is 0 Å². The van der Waals surface area contributed by atoms with Crippen LogP contribution < -0.4 is 0 Å². The topological polar surface area (TPSA) is 128 Å². The van der Waals surface area contributed by atoms with Crippen molar-refractivity contribution in [2.45, 2.75) is 97.3 Å². The quantitative estimate of drug-likeness (QED) is 0.0547. The first-order valence-corrected chi connectivity index (χ1v) is 20.3. The zero-order valence-electron chi connectivity index (χ0n) is 33.3. The van der Waals surface area contributed by atoms with Crippen molar-refractivity contribution in [1.82, 2.24) is 0 Å². The molecular weight excluding hydrogens is 676 g/mol. The van der Waals surface area contributed by atoms with Crippen LogP contribution in [0, 0.1) is 0 Å². The van der Waals surface area contributed by atoms with Gasteiger partial charge >= 0.3 is 5.97 Å². The highest BCUT2D eigenvalue weighted by atomic mass is 16.6. The third kappa shape index (κ3) is 47.1. The third-order valence-corrected chi connectivity index (χ3v) is 7.59. The highest BCUT2D eigenvalue weighted by molar-refractivity contribution is 5.69. The second-order valence-electron chi connectivity index (χ2n) is 12.2. The molecule has 0 fully saturated rings. The molecule has 0 aromatic heterocycles. The molecule has 0 spiro atoms. The van der Waals surface area contributed by atoms with E-state index in [-0.39, 0.29) is 12.6 Å². The fourth-order valence-electron chi connectivity index (χ4n) is 4.62. The lowest BCUT2D eigenvalue weighted by molar-refractivity contribution is -0.145. The maximum atomic E-state index is 11.8. The van der Waals surface area contributed by atoms with E-state index in [4.69, 9.17) is 56.8 Å². The Morgan fingerprint density at radius 3 is 0.808 bits per heavy atom. The van der Waals surface area contributed by atoms with Crippen molar-refractivity contribution in [2.75, 3.05) is 152 Å². The lowest BCUT2D eigenvalue weighted by atomic mass is 10.1. The van der Waals surface area contributed by atoms with Crippen LogP contribution in [0.1, 0.15) is 97.3 Å². The van der Waals surface area contributed by atoms with E-state index in [1.165, 1.54) is 57.8 Å². The fourth-order valence-corrected chi connectivity index (χ4v) is 4.62. The number of esters is 1. The molecule has 0 aromatic rings. The average molecular weight is 755 g/mol. The largest absolute Gasteiger partial charge is 0.463 e. The molecule has 0 unspecified atom stereocenters. The zero-order chi connectivity index (χ0) is 37.5. The van der Waals surface area contributed by atoms with Gasteiger partial charge in [-0.05, 0) is 12.8 Å². The number of carbonyl (C=O) groups is 1. The monoisotopic (exact) mass is 755 g/mol. The Hall–Kier alpha value is -0.970. The molecule has 52 heavy (non-hydrogen) atoms. The molecule has 0 aliphatic heterocycles. The SMILES string of the molecule is CCCCCCCCCCCC(=O)OCCOCCOCCOCCOCCOCCOCCOCCOCCOCCOCCOCCCCC. The van der Waals surface area contributed by atoms with Gasteiger partial charge in [0, 0.05) is 13.0 Å². The average Bonchev–Trinajstić information content (AvgIpc) is 3.15. The molecule has 0 N–H and O–H groups in total. The molecule has 0 saturated heterocycles. The highest BCUT2D eigenvalue weighted by Crippen LogP contribution is 2.10. The molecule has 0 heterocycles. The second kappa shape index (κ2) is 48.0. The van der Waals surface area contributed by atoms with Crippen LogP contribution in [0.25, 0.3) is 0 Å². The first-order chi connectivity index (χ1) is 25.8. The summed E-state index contributed by atoms with van der Waals surface area (Å²) < 4.78 is 65.5. The van der Waals surface area contributed by atoms with Crippen molar-refractivity contribution in [3.63, 3.8) is 0 Å². The molecule has 0 rings (SSSR count). The smallest absolute Gasteiger partial charge is 0.305 e. The Labute approximate surface area is 316 Å². The highest BCUT2D eigenvalue weighted by Gasteiger charge is 2.03. The predicted octanol–water partition coefficient (Wildman–Crippen LogP) is 5.82. The van der Waals surface area contributed by atoms with Crippen molar-refractivity contribution in [2.24, 2.45) is 0 Å². The van der Waals surface area contributed by atoms with E-state index in [1.807, 2.05) is 0 Å². The zero-order valence-corrected chi connectivity index (χ0v) is 33.3. The van der Waals surface area contributed by atoms with Gasteiger partial charge in [0.15, 0.2) is 0 Å². The van der Waals surface area contributed by atoms with Gasteiger partial charge in [0.2, 0.25) is 0 Å². The maximum absolute atomic E-state index is 11.8. The molecule has 0 saturated carbocycles. The first kappa shape index (κ1) is 51.0. The summed E-state index contributed by atoms with van der Waals surface area (Å²) in [6.07, 6.45) is 15.1. The van der Waals surface area contributed by atoms with E-state index in [0.717, 1.165) is 25.9 Å². The molecule has 0 amide bonds. The van der Waals surface area contributed by atoms with E-state index in [9.17, 15) is 4.79 Å². The number of ether oxygens (including phenoxy) is 12. The standard InChI is InChI=1S/C39H78O13/c1-3-5-7-8-9-10-11-12-13-15-39(40)52-38-37-51-36-35-50-34-33-49-32-31-48-30-29-47-28-27-46-26-25-45-24-23-44-22-21-43-20-19-42-18-17-41-16-14-6-4-2/h3-38H2,1-2H3. The van der Waals surface area contributed by atoms with Crippen LogP contribution in [0.2, 0.25) is 0 Å². The Bertz CT molecular complexity index is 660. The lowest BCUT2D eigenvalue weighted by Gasteiger charge is -2.09. The molecule has 0 radical (unpaired) electrons. The van der Waals surface area contributed by atoms with Crippen LogP contribution in [0.5, 0.6) is 0 Å². The first-order valence-electron chi connectivity index (χ1n) is 20.3. The maximum Gasteiger partial charge on any atom is 0.305 e. The number of unbranched alkanes of at least 4 members (excludes halogenated alkanes) is 10. The van der Waals surface area contributed by atoms with Crippen molar-refractivity contribution in [3.05, 3.63) is 0 Å². The summed E-state index contributed by atoms with van der Waals surface area (Å²) in [5.74, 6) is -0.136. The summed E-state index contributed by atoms with van der Waals surface area (Å²) in [4.78, 5) is 11.8. The minimum absolute atomic E-state index is 0.136. The molecule has 0 aliphatic carbocycles. The number of hydrogen-bond donors (Lipinski definition) is 0. The predicted molar refractivity (Wildman–Crippen MR) is 201 cm³/mol. The van der Waals surface area contributed by atoms with Gasteiger partial charge in [0.25, 0.3) is 0 Å². The van der Waals surface area contributed by atoms with Gasteiger partial charge in [-0.3, -0.25) is 4.79 Å². The molecule has 0 atom stereocenters. The Kier molecular flexibility index (Phi) is 47.2. The number of hydrogen-bond acceptors (Lipinski definition) is 13. The summed E-state index contributed by atoms with van der Waals surface area (Å²) in [5.41, 5.74) is 0. The summed E-state index contributed by atoms with van der Waals surface area (Å²) in [7, 11) is 0. The minimum atomic E-state index is -0.136. The van der Waals surface area contributed by atoms with Crippen LogP contribution in [0.3, 0.4) is 0 Å². The number of carbonyl (C=O) groups excluding carboxylic acids is 1. The van der Waals surface area contributed by atoms with Crippen molar-refractivity contribution in [1.29, 1.82) is 0 Å². The molecule has 0 aromatic carbocycles. The van der Waals surface area contributed by atoms with Crippen LogP contribution in [-0.2, 0) is 61.6 Å². The van der Waals surface area contributed by atoms with Gasteiger partial charge in [0.1, 0.15) is 6.61 Å². The lowest BCUT2D eigenvalue weighted by Crippen LogP contribution is -2.15. The van der Waals surface area contributed by atoms with Gasteiger partial charge in [-0.15, -0.1) is 0 Å². The molecular formula is C39H78O13. The van der Waals surface area contributed by atoms with Gasteiger partial charge in [-0.2, -0.15) is 0 Å². The molecule has 0 bridgehead atoms. The van der Waals surface area contributed by atoms with E-state index in [1.54, 1.807) is 0 Å². The summed E-state index contributed by atoms with van der Waals surface area (Å²) in [6.45, 7) is 16.3. The van der Waals surface area contributed by atoms with E-state index >= 15 is 0 Å². The van der Waals surface area contributed by atoms with Crippen molar-refractivity contribution < 1.29 is 61.6 Å². The molecule has 13 nitrogen and oxygen atoms in total. The second-order valence-corrected chi connectivity index (χ2v) is 12.2.